The van der Waals surface area contributed by atoms with Crippen LogP contribution in [-0.2, 0) is 7.05 Å². The number of aromatic nitrogens is 2. The predicted octanol–water partition coefficient (Wildman–Crippen LogP) is 2.54. The molecule has 2 heterocycles. The maximum absolute atomic E-state index is 12.9. The molecular formula is C19H20N4O. The van der Waals surface area contributed by atoms with Crippen LogP contribution in [0.1, 0.15) is 10.5 Å². The molecule has 0 saturated carbocycles. The van der Waals surface area contributed by atoms with Crippen molar-refractivity contribution in [1.82, 2.24) is 14.7 Å². The molecule has 0 spiro atoms. The number of anilines is 1. The Morgan fingerprint density at radius 1 is 0.917 bits per heavy atom. The number of benzene rings is 2. The Labute approximate surface area is 141 Å². The minimum Gasteiger partial charge on any atom is -0.368 e. The highest BCUT2D eigenvalue weighted by atomic mass is 16.2. The van der Waals surface area contributed by atoms with Crippen LogP contribution in [0.25, 0.3) is 10.9 Å². The molecule has 0 aliphatic carbocycles. The highest BCUT2D eigenvalue weighted by molar-refractivity contribution is 6.04. The molecule has 1 amide bonds. The first-order chi connectivity index (χ1) is 11.7. The first-order valence-corrected chi connectivity index (χ1v) is 8.25. The highest BCUT2D eigenvalue weighted by Crippen LogP contribution is 2.21. The fourth-order valence-electron chi connectivity index (χ4n) is 3.33. The van der Waals surface area contributed by atoms with Gasteiger partial charge in [-0.2, -0.15) is 5.10 Å². The lowest BCUT2D eigenvalue weighted by molar-refractivity contribution is 0.0742. The van der Waals surface area contributed by atoms with Crippen molar-refractivity contribution in [3.05, 3.63) is 60.3 Å². The number of carbonyl (C=O) groups excluding carboxylic acids is 1. The van der Waals surface area contributed by atoms with Crippen LogP contribution >= 0.6 is 0 Å². The maximum atomic E-state index is 12.9. The molecule has 0 atom stereocenters. The largest absolute Gasteiger partial charge is 0.368 e. The zero-order chi connectivity index (χ0) is 16.5. The molecule has 2 aromatic carbocycles. The van der Waals surface area contributed by atoms with Gasteiger partial charge in [0.25, 0.3) is 5.91 Å². The first-order valence-electron chi connectivity index (χ1n) is 8.25. The van der Waals surface area contributed by atoms with Gasteiger partial charge in [-0.25, -0.2) is 0 Å². The quantitative estimate of drug-likeness (QED) is 0.728. The van der Waals surface area contributed by atoms with Gasteiger partial charge in [0.15, 0.2) is 5.69 Å². The van der Waals surface area contributed by atoms with E-state index in [0.29, 0.717) is 5.69 Å². The molecule has 1 aliphatic rings. The number of piperazine rings is 1. The van der Waals surface area contributed by atoms with Crippen molar-refractivity contribution in [2.75, 3.05) is 31.1 Å². The number of carbonyl (C=O) groups is 1. The molecule has 0 unspecified atom stereocenters. The van der Waals surface area contributed by atoms with Crippen LogP contribution < -0.4 is 4.90 Å². The zero-order valence-corrected chi connectivity index (χ0v) is 13.7. The van der Waals surface area contributed by atoms with E-state index in [1.165, 1.54) is 5.69 Å². The minimum absolute atomic E-state index is 0.0273. The van der Waals surface area contributed by atoms with Gasteiger partial charge in [0, 0.05) is 44.3 Å². The number of nitrogens with zero attached hydrogens (tertiary/aromatic N) is 4. The molecule has 5 nitrogen and oxygen atoms in total. The number of amides is 1. The number of rotatable bonds is 2. The summed E-state index contributed by atoms with van der Waals surface area (Å²) in [5.41, 5.74) is 2.76. The van der Waals surface area contributed by atoms with E-state index >= 15 is 0 Å². The summed E-state index contributed by atoms with van der Waals surface area (Å²) >= 11 is 0. The second kappa shape index (κ2) is 6.00. The lowest BCUT2D eigenvalue weighted by Gasteiger charge is -2.35. The molecule has 24 heavy (non-hydrogen) atoms. The van der Waals surface area contributed by atoms with Crippen molar-refractivity contribution < 1.29 is 4.79 Å². The third-order valence-corrected chi connectivity index (χ3v) is 4.65. The van der Waals surface area contributed by atoms with Gasteiger partial charge < -0.3 is 9.80 Å². The van der Waals surface area contributed by atoms with Crippen molar-refractivity contribution >= 4 is 22.5 Å². The lowest BCUT2D eigenvalue weighted by Crippen LogP contribution is -2.49. The van der Waals surface area contributed by atoms with E-state index < -0.39 is 0 Å². The van der Waals surface area contributed by atoms with Crippen molar-refractivity contribution in [3.8, 4) is 0 Å². The number of para-hydroxylation sites is 2. The van der Waals surface area contributed by atoms with Crippen LogP contribution in [-0.4, -0.2) is 46.8 Å². The van der Waals surface area contributed by atoms with Crippen LogP contribution in [0.3, 0.4) is 0 Å². The fourth-order valence-corrected chi connectivity index (χ4v) is 3.33. The molecule has 3 aromatic rings. The van der Waals surface area contributed by atoms with Crippen molar-refractivity contribution in [3.63, 3.8) is 0 Å². The van der Waals surface area contributed by atoms with Crippen molar-refractivity contribution in [1.29, 1.82) is 0 Å². The summed E-state index contributed by atoms with van der Waals surface area (Å²) in [7, 11) is 1.88. The SMILES string of the molecule is Cn1nc(C(=O)N2CCN(c3ccccc3)CC2)c2ccccc21. The van der Waals surface area contributed by atoms with Crippen LogP contribution in [0.5, 0.6) is 0 Å². The predicted molar refractivity (Wildman–Crippen MR) is 95.3 cm³/mol. The van der Waals surface area contributed by atoms with Crippen LogP contribution in [0.15, 0.2) is 54.6 Å². The molecule has 1 saturated heterocycles. The fraction of sp³-hybridized carbons (Fsp3) is 0.263. The Hall–Kier alpha value is -2.82. The van der Waals surface area contributed by atoms with E-state index in [1.54, 1.807) is 4.68 Å². The lowest BCUT2D eigenvalue weighted by atomic mass is 10.2. The van der Waals surface area contributed by atoms with Gasteiger partial charge in [0.05, 0.1) is 5.52 Å². The molecule has 1 aromatic heterocycles. The van der Waals surface area contributed by atoms with Gasteiger partial charge in [-0.3, -0.25) is 9.48 Å². The van der Waals surface area contributed by atoms with Gasteiger partial charge in [0.2, 0.25) is 0 Å². The summed E-state index contributed by atoms with van der Waals surface area (Å²) in [6, 6.07) is 18.2. The van der Waals surface area contributed by atoms with Gasteiger partial charge in [-0.1, -0.05) is 36.4 Å². The van der Waals surface area contributed by atoms with Gasteiger partial charge >= 0.3 is 0 Å². The first kappa shape index (κ1) is 14.8. The average molecular weight is 320 g/mol. The monoisotopic (exact) mass is 320 g/mol. The van der Waals surface area contributed by atoms with E-state index in [-0.39, 0.29) is 5.91 Å². The van der Waals surface area contributed by atoms with E-state index in [2.05, 4.69) is 22.1 Å². The molecule has 4 rings (SSSR count). The number of aryl methyl sites for hydroxylation is 1. The molecule has 1 fully saturated rings. The summed E-state index contributed by atoms with van der Waals surface area (Å²) in [6.07, 6.45) is 0. The summed E-state index contributed by atoms with van der Waals surface area (Å²) < 4.78 is 1.78. The highest BCUT2D eigenvalue weighted by Gasteiger charge is 2.25. The Morgan fingerprint density at radius 2 is 1.58 bits per heavy atom. The van der Waals surface area contributed by atoms with Gasteiger partial charge in [0.1, 0.15) is 0 Å². The maximum Gasteiger partial charge on any atom is 0.275 e. The summed E-state index contributed by atoms with van der Waals surface area (Å²) in [5, 5.41) is 5.38. The topological polar surface area (TPSA) is 41.4 Å². The molecule has 0 bridgehead atoms. The normalized spacial score (nSPS) is 15.0. The number of fused-ring (bicyclic) bond motifs is 1. The third-order valence-electron chi connectivity index (χ3n) is 4.65. The Kier molecular flexibility index (Phi) is 3.69. The second-order valence-corrected chi connectivity index (χ2v) is 6.10. The minimum atomic E-state index is 0.0273. The molecule has 0 radical (unpaired) electrons. The molecule has 1 aliphatic heterocycles. The molecule has 0 N–H and O–H groups in total. The van der Waals surface area contributed by atoms with Crippen LogP contribution in [0, 0.1) is 0 Å². The standard InChI is InChI=1S/C19H20N4O/c1-21-17-10-6-5-9-16(17)18(20-21)19(24)23-13-11-22(12-14-23)15-7-3-2-4-8-15/h2-10H,11-14H2,1H3. The van der Waals surface area contributed by atoms with Gasteiger partial charge in [-0.15, -0.1) is 0 Å². The van der Waals surface area contributed by atoms with Gasteiger partial charge in [-0.05, 0) is 18.2 Å². The molecule has 122 valence electrons. The second-order valence-electron chi connectivity index (χ2n) is 6.10. The Balaban J connectivity index is 1.52. The summed E-state index contributed by atoms with van der Waals surface area (Å²) in [5.74, 6) is 0.0273. The van der Waals surface area contributed by atoms with Crippen molar-refractivity contribution in [2.24, 2.45) is 7.05 Å². The third kappa shape index (κ3) is 2.52. The van der Waals surface area contributed by atoms with Crippen molar-refractivity contribution in [2.45, 2.75) is 0 Å². The van der Waals surface area contributed by atoms with E-state index in [1.807, 2.05) is 54.4 Å². The molecular weight excluding hydrogens is 300 g/mol. The average Bonchev–Trinajstić information content (AvgIpc) is 2.99. The number of hydrogen-bond acceptors (Lipinski definition) is 3. The summed E-state index contributed by atoms with van der Waals surface area (Å²) in [6.45, 7) is 3.14. The Bertz CT molecular complexity index is 863. The van der Waals surface area contributed by atoms with E-state index in [4.69, 9.17) is 0 Å². The zero-order valence-electron chi connectivity index (χ0n) is 13.7. The Morgan fingerprint density at radius 3 is 2.33 bits per heavy atom. The summed E-state index contributed by atoms with van der Waals surface area (Å²) in [4.78, 5) is 17.1. The van der Waals surface area contributed by atoms with Crippen LogP contribution in [0.4, 0.5) is 5.69 Å². The van der Waals surface area contributed by atoms with Crippen LogP contribution in [0.2, 0.25) is 0 Å². The van der Waals surface area contributed by atoms with E-state index in [9.17, 15) is 4.79 Å². The van der Waals surface area contributed by atoms with E-state index in [0.717, 1.165) is 37.1 Å². The molecule has 5 heteroatoms. The smallest absolute Gasteiger partial charge is 0.275 e. The number of hydrogen-bond donors (Lipinski definition) is 0.